The van der Waals surface area contributed by atoms with Crippen molar-refractivity contribution in [3.05, 3.63) is 36.2 Å². The van der Waals surface area contributed by atoms with Crippen molar-refractivity contribution < 1.29 is 4.74 Å². The summed E-state index contributed by atoms with van der Waals surface area (Å²) in [7, 11) is 1.65. The highest BCUT2D eigenvalue weighted by Crippen LogP contribution is 2.38. The molecule has 0 unspecified atom stereocenters. The zero-order valence-electron chi connectivity index (χ0n) is 10.8. The topological polar surface area (TPSA) is 73.1 Å². The predicted octanol–water partition coefficient (Wildman–Crippen LogP) is 2.69. The fraction of sp³-hybridized carbons (Fsp3) is 0.286. The number of nitrogen functional groups attached to an aromatic ring is 1. The van der Waals surface area contributed by atoms with Gasteiger partial charge in [0.15, 0.2) is 0 Å². The summed E-state index contributed by atoms with van der Waals surface area (Å²) in [4.78, 5) is 8.78. The third-order valence-electron chi connectivity index (χ3n) is 3.05. The molecule has 1 saturated carbocycles. The second-order valence-corrected chi connectivity index (χ2v) is 4.67. The van der Waals surface area contributed by atoms with E-state index in [1.54, 1.807) is 13.2 Å². The number of aromatic nitrogens is 2. The van der Waals surface area contributed by atoms with Crippen molar-refractivity contribution in [2.45, 2.75) is 18.8 Å². The number of ether oxygens (including phenoxy) is 1. The monoisotopic (exact) mass is 256 g/mol. The lowest BCUT2D eigenvalue weighted by Gasteiger charge is -2.09. The maximum absolute atomic E-state index is 5.82. The Hall–Kier alpha value is -2.30. The average molecular weight is 256 g/mol. The smallest absolute Gasteiger partial charge is 0.136 e. The molecule has 0 radical (unpaired) electrons. The molecule has 0 atom stereocenters. The van der Waals surface area contributed by atoms with Crippen molar-refractivity contribution >= 4 is 17.3 Å². The molecule has 0 aliphatic heterocycles. The molecule has 5 heteroatoms. The summed E-state index contributed by atoms with van der Waals surface area (Å²) in [5, 5.41) is 3.23. The van der Waals surface area contributed by atoms with Gasteiger partial charge in [0.2, 0.25) is 0 Å². The van der Waals surface area contributed by atoms with Crippen LogP contribution in [0, 0.1) is 0 Å². The molecule has 1 aromatic heterocycles. The van der Waals surface area contributed by atoms with Gasteiger partial charge in [-0.25, -0.2) is 9.97 Å². The maximum atomic E-state index is 5.82. The Balaban J connectivity index is 1.85. The lowest BCUT2D eigenvalue weighted by Crippen LogP contribution is -2.02. The first kappa shape index (κ1) is 11.8. The van der Waals surface area contributed by atoms with Crippen LogP contribution in [0.5, 0.6) is 5.75 Å². The number of methoxy groups -OCH3 is 1. The van der Waals surface area contributed by atoms with Gasteiger partial charge in [0, 0.05) is 23.7 Å². The molecule has 98 valence electrons. The van der Waals surface area contributed by atoms with Gasteiger partial charge in [0.25, 0.3) is 0 Å². The van der Waals surface area contributed by atoms with E-state index in [0.29, 0.717) is 11.7 Å². The van der Waals surface area contributed by atoms with Crippen LogP contribution < -0.4 is 15.8 Å². The van der Waals surface area contributed by atoms with E-state index in [-0.39, 0.29) is 0 Å². The predicted molar refractivity (Wildman–Crippen MR) is 74.7 cm³/mol. The van der Waals surface area contributed by atoms with Gasteiger partial charge in [-0.2, -0.15) is 0 Å². The first-order chi connectivity index (χ1) is 9.24. The fourth-order valence-electron chi connectivity index (χ4n) is 1.92. The van der Waals surface area contributed by atoms with E-state index in [1.807, 2.05) is 24.3 Å². The second kappa shape index (κ2) is 4.76. The third kappa shape index (κ3) is 2.76. The molecule has 1 fully saturated rings. The molecule has 1 aromatic carbocycles. The van der Waals surface area contributed by atoms with Crippen LogP contribution in [-0.2, 0) is 0 Å². The number of nitrogens with zero attached hydrogens (tertiary/aromatic N) is 2. The molecule has 3 N–H and O–H groups in total. The van der Waals surface area contributed by atoms with Crippen molar-refractivity contribution in [1.29, 1.82) is 0 Å². The van der Waals surface area contributed by atoms with Crippen molar-refractivity contribution in [3.8, 4) is 5.75 Å². The van der Waals surface area contributed by atoms with Crippen LogP contribution in [0.15, 0.2) is 30.3 Å². The number of hydrogen-bond acceptors (Lipinski definition) is 5. The van der Waals surface area contributed by atoms with Crippen LogP contribution in [0.3, 0.4) is 0 Å². The van der Waals surface area contributed by atoms with E-state index in [1.165, 1.54) is 0 Å². The first-order valence-electron chi connectivity index (χ1n) is 6.30. The Morgan fingerprint density at radius 2 is 2.11 bits per heavy atom. The summed E-state index contributed by atoms with van der Waals surface area (Å²) < 4.78 is 5.19. The van der Waals surface area contributed by atoms with Crippen LogP contribution in [0.25, 0.3) is 0 Å². The van der Waals surface area contributed by atoms with Gasteiger partial charge in [0.05, 0.1) is 7.11 Å². The minimum absolute atomic E-state index is 0.481. The molecular weight excluding hydrogens is 240 g/mol. The van der Waals surface area contributed by atoms with E-state index < -0.39 is 0 Å². The molecular formula is C14H16N4O. The quantitative estimate of drug-likeness (QED) is 0.879. The average Bonchev–Trinajstić information content (AvgIpc) is 3.22. The second-order valence-electron chi connectivity index (χ2n) is 4.67. The minimum Gasteiger partial charge on any atom is -0.497 e. The van der Waals surface area contributed by atoms with Gasteiger partial charge < -0.3 is 15.8 Å². The zero-order valence-corrected chi connectivity index (χ0v) is 10.8. The molecule has 1 aliphatic carbocycles. The molecule has 1 aliphatic rings. The molecule has 1 heterocycles. The van der Waals surface area contributed by atoms with Crippen LogP contribution in [0.2, 0.25) is 0 Å². The van der Waals surface area contributed by atoms with E-state index in [4.69, 9.17) is 10.5 Å². The van der Waals surface area contributed by atoms with Gasteiger partial charge in [-0.05, 0) is 25.0 Å². The summed E-state index contributed by atoms with van der Waals surface area (Å²) in [5.41, 5.74) is 6.73. The van der Waals surface area contributed by atoms with Crippen LogP contribution in [-0.4, -0.2) is 17.1 Å². The maximum Gasteiger partial charge on any atom is 0.136 e. The number of nitrogens with two attached hydrogens (primary N) is 1. The number of hydrogen-bond donors (Lipinski definition) is 2. The molecule has 0 amide bonds. The van der Waals surface area contributed by atoms with Crippen molar-refractivity contribution in [3.63, 3.8) is 0 Å². The number of nitrogens with one attached hydrogen (secondary N) is 1. The summed E-state index contributed by atoms with van der Waals surface area (Å²) in [6, 6.07) is 9.43. The fourth-order valence-corrected chi connectivity index (χ4v) is 1.92. The van der Waals surface area contributed by atoms with Crippen LogP contribution >= 0.6 is 0 Å². The van der Waals surface area contributed by atoms with E-state index in [0.717, 1.165) is 35.9 Å². The largest absolute Gasteiger partial charge is 0.497 e. The Labute approximate surface area is 111 Å². The Morgan fingerprint density at radius 3 is 2.84 bits per heavy atom. The normalized spacial score (nSPS) is 14.2. The van der Waals surface area contributed by atoms with Gasteiger partial charge in [-0.1, -0.05) is 6.07 Å². The molecule has 2 aromatic rings. The van der Waals surface area contributed by atoms with Gasteiger partial charge >= 0.3 is 0 Å². The Kier molecular flexibility index (Phi) is 2.95. The van der Waals surface area contributed by atoms with Gasteiger partial charge in [-0.3, -0.25) is 0 Å². The first-order valence-corrected chi connectivity index (χ1v) is 6.30. The number of benzene rings is 1. The van der Waals surface area contributed by atoms with E-state index in [2.05, 4.69) is 15.3 Å². The summed E-state index contributed by atoms with van der Waals surface area (Å²) in [6.07, 6.45) is 2.31. The van der Waals surface area contributed by atoms with E-state index in [9.17, 15) is 0 Å². The van der Waals surface area contributed by atoms with Crippen molar-refractivity contribution in [2.75, 3.05) is 18.2 Å². The van der Waals surface area contributed by atoms with Crippen LogP contribution in [0.4, 0.5) is 17.3 Å². The minimum atomic E-state index is 0.481. The molecule has 19 heavy (non-hydrogen) atoms. The number of anilines is 3. The Morgan fingerprint density at radius 1 is 1.26 bits per heavy atom. The molecule has 3 rings (SSSR count). The highest BCUT2D eigenvalue weighted by molar-refractivity contribution is 5.60. The lowest BCUT2D eigenvalue weighted by molar-refractivity contribution is 0.415. The molecule has 0 bridgehead atoms. The van der Waals surface area contributed by atoms with E-state index >= 15 is 0 Å². The van der Waals surface area contributed by atoms with Gasteiger partial charge in [0.1, 0.15) is 23.2 Å². The standard InChI is InChI=1S/C14H16N4O/c1-19-11-4-2-3-10(7-11)16-13-8-12(15)17-14(18-13)9-5-6-9/h2-4,7-9H,5-6H2,1H3,(H3,15,16,17,18). The van der Waals surface area contributed by atoms with Crippen LogP contribution in [0.1, 0.15) is 24.6 Å². The molecule has 0 spiro atoms. The highest BCUT2D eigenvalue weighted by Gasteiger charge is 2.27. The van der Waals surface area contributed by atoms with Crippen molar-refractivity contribution in [1.82, 2.24) is 9.97 Å². The summed E-state index contributed by atoms with van der Waals surface area (Å²) >= 11 is 0. The zero-order chi connectivity index (χ0) is 13.2. The lowest BCUT2D eigenvalue weighted by atomic mass is 10.3. The molecule has 5 nitrogen and oxygen atoms in total. The summed E-state index contributed by atoms with van der Waals surface area (Å²) in [5.74, 6) is 3.35. The third-order valence-corrected chi connectivity index (χ3v) is 3.05. The summed E-state index contributed by atoms with van der Waals surface area (Å²) in [6.45, 7) is 0. The Bertz CT molecular complexity index is 596. The van der Waals surface area contributed by atoms with Crippen molar-refractivity contribution in [2.24, 2.45) is 0 Å². The number of rotatable bonds is 4. The SMILES string of the molecule is COc1cccc(Nc2cc(N)nc(C3CC3)n2)c1. The van der Waals surface area contributed by atoms with Gasteiger partial charge in [-0.15, -0.1) is 0 Å². The highest BCUT2D eigenvalue weighted by atomic mass is 16.5. The molecule has 0 saturated heterocycles.